The van der Waals surface area contributed by atoms with Crippen molar-refractivity contribution in [3.63, 3.8) is 0 Å². The quantitative estimate of drug-likeness (QED) is 0.338. The molecule has 0 aliphatic rings. The van der Waals surface area contributed by atoms with Crippen molar-refractivity contribution in [1.82, 2.24) is 4.57 Å². The van der Waals surface area contributed by atoms with Gasteiger partial charge in [0.2, 0.25) is 0 Å². The van der Waals surface area contributed by atoms with Crippen LogP contribution < -0.4 is 24.2 Å². The van der Waals surface area contributed by atoms with Gasteiger partial charge in [-0.3, -0.25) is 14.9 Å². The third-order valence-electron chi connectivity index (χ3n) is 4.21. The number of aryl methyl sites for hydroxylation is 1. The first-order chi connectivity index (χ1) is 13.8. The second-order valence-corrected chi connectivity index (χ2v) is 7.48. The minimum atomic E-state index is -0.485. The van der Waals surface area contributed by atoms with Crippen LogP contribution in [0.1, 0.15) is 11.1 Å². The molecule has 3 aromatic rings. The molecule has 0 aliphatic heterocycles. The summed E-state index contributed by atoms with van der Waals surface area (Å²) in [5.74, 6) is 1.18. The van der Waals surface area contributed by atoms with Crippen LogP contribution in [0.2, 0.25) is 0 Å². The first kappa shape index (κ1) is 20.3. The summed E-state index contributed by atoms with van der Waals surface area (Å²) in [6.07, 6.45) is 1.59. The van der Waals surface area contributed by atoms with Crippen LogP contribution in [-0.4, -0.2) is 22.7 Å². The minimum Gasteiger partial charge on any atom is -0.490 e. The zero-order valence-electron chi connectivity index (χ0n) is 16.1. The molecular weight excluding hydrogens is 392 g/mol. The molecule has 0 spiro atoms. The van der Waals surface area contributed by atoms with Crippen LogP contribution in [0.4, 0.5) is 5.69 Å². The van der Waals surface area contributed by atoms with E-state index in [4.69, 9.17) is 9.47 Å². The Morgan fingerprint density at radius 2 is 1.97 bits per heavy atom. The molecule has 0 radical (unpaired) electrons. The van der Waals surface area contributed by atoms with Gasteiger partial charge in [-0.1, -0.05) is 18.7 Å². The number of nitro benzene ring substituents is 1. The number of rotatable bonds is 7. The molecule has 7 nitrogen and oxygen atoms in total. The van der Waals surface area contributed by atoms with Crippen molar-refractivity contribution >= 4 is 29.7 Å². The lowest BCUT2D eigenvalue weighted by molar-refractivity contribution is -0.384. The summed E-state index contributed by atoms with van der Waals surface area (Å²) >= 11 is 1.22. The van der Waals surface area contributed by atoms with Gasteiger partial charge in [-0.05, 0) is 36.8 Å². The maximum atomic E-state index is 12.3. The Labute approximate surface area is 170 Å². The fourth-order valence-corrected chi connectivity index (χ4v) is 3.54. The first-order valence-corrected chi connectivity index (χ1v) is 9.64. The van der Waals surface area contributed by atoms with Crippen LogP contribution in [0.15, 0.2) is 47.3 Å². The van der Waals surface area contributed by atoms with Crippen molar-refractivity contribution in [2.45, 2.75) is 6.92 Å². The van der Waals surface area contributed by atoms with E-state index >= 15 is 0 Å². The summed E-state index contributed by atoms with van der Waals surface area (Å²) in [5, 5.41) is 11.1. The van der Waals surface area contributed by atoms with Gasteiger partial charge >= 0.3 is 0 Å². The highest BCUT2D eigenvalue weighted by Gasteiger charge is 2.11. The number of hydrogen-bond acceptors (Lipinski definition) is 6. The van der Waals surface area contributed by atoms with E-state index < -0.39 is 4.92 Å². The molecule has 0 aliphatic carbocycles. The van der Waals surface area contributed by atoms with Gasteiger partial charge in [0.15, 0.2) is 0 Å². The maximum absolute atomic E-state index is 12.3. The third-order valence-corrected chi connectivity index (χ3v) is 5.23. The Balaban J connectivity index is 1.82. The summed E-state index contributed by atoms with van der Waals surface area (Å²) in [7, 11) is 1.63. The van der Waals surface area contributed by atoms with Crippen LogP contribution in [0.25, 0.3) is 12.7 Å². The highest BCUT2D eigenvalue weighted by molar-refractivity contribution is 7.07. The van der Waals surface area contributed by atoms with Gasteiger partial charge in [0.25, 0.3) is 11.2 Å². The van der Waals surface area contributed by atoms with Gasteiger partial charge in [0.1, 0.15) is 24.7 Å². The average Bonchev–Trinajstić information content (AvgIpc) is 2.92. The van der Waals surface area contributed by atoms with Crippen LogP contribution >= 0.6 is 11.3 Å². The largest absolute Gasteiger partial charge is 0.490 e. The van der Waals surface area contributed by atoms with Gasteiger partial charge in [-0.15, -0.1) is 11.3 Å². The van der Waals surface area contributed by atoms with Gasteiger partial charge in [-0.25, -0.2) is 0 Å². The normalized spacial score (nSPS) is 11.4. The SMILES string of the molecule is C=c1sc(=Cc2cc([N+](=O)[O-])ccc2OCCOc2cccc(C)c2)c(=O)n1C. The number of thiazole rings is 1. The van der Waals surface area contributed by atoms with E-state index in [0.29, 0.717) is 27.1 Å². The Morgan fingerprint density at radius 1 is 1.21 bits per heavy atom. The standard InChI is InChI=1S/C21H20N2O5S/c1-14-5-4-6-18(11-14)27-9-10-28-19-8-7-17(23(25)26)12-16(19)13-20-21(24)22(3)15(2)29-20/h4-8,11-13H,2,9-10H2,1,3H3. The second-order valence-electron chi connectivity index (χ2n) is 6.36. The number of aromatic nitrogens is 1. The average molecular weight is 412 g/mol. The molecule has 0 fully saturated rings. The molecule has 3 rings (SSSR count). The molecule has 0 saturated heterocycles. The Kier molecular flexibility index (Phi) is 6.13. The van der Waals surface area contributed by atoms with Crippen molar-refractivity contribution in [3.05, 3.63) is 83.3 Å². The maximum Gasteiger partial charge on any atom is 0.270 e. The summed E-state index contributed by atoms with van der Waals surface area (Å²) in [6.45, 7) is 6.35. The fraction of sp³-hybridized carbons (Fsp3) is 0.190. The van der Waals surface area contributed by atoms with Crippen LogP contribution in [0, 0.1) is 17.0 Å². The topological polar surface area (TPSA) is 83.6 Å². The Morgan fingerprint density at radius 3 is 2.62 bits per heavy atom. The van der Waals surface area contributed by atoms with Crippen LogP contribution in [0.5, 0.6) is 11.5 Å². The van der Waals surface area contributed by atoms with E-state index in [2.05, 4.69) is 6.58 Å². The summed E-state index contributed by atoms with van der Waals surface area (Å²) in [4.78, 5) is 22.9. The molecule has 0 saturated carbocycles. The Hall–Kier alpha value is -3.39. The lowest BCUT2D eigenvalue weighted by Crippen LogP contribution is -2.28. The summed E-state index contributed by atoms with van der Waals surface area (Å²) < 4.78 is 13.9. The smallest absolute Gasteiger partial charge is 0.270 e. The number of nitro groups is 1. The lowest BCUT2D eigenvalue weighted by Gasteiger charge is -2.11. The van der Waals surface area contributed by atoms with Gasteiger partial charge in [-0.2, -0.15) is 0 Å². The predicted molar refractivity (Wildman–Crippen MR) is 113 cm³/mol. The molecule has 8 heteroatoms. The summed E-state index contributed by atoms with van der Waals surface area (Å²) in [6, 6.07) is 12.0. The Bertz CT molecular complexity index is 1210. The van der Waals surface area contributed by atoms with Crippen molar-refractivity contribution in [1.29, 1.82) is 0 Å². The third kappa shape index (κ3) is 4.91. The van der Waals surface area contributed by atoms with E-state index in [-0.39, 0.29) is 17.9 Å². The van der Waals surface area contributed by atoms with Crippen molar-refractivity contribution in [2.24, 2.45) is 7.05 Å². The molecule has 0 bridgehead atoms. The molecule has 1 aromatic heterocycles. The van der Waals surface area contributed by atoms with Crippen molar-refractivity contribution in [3.8, 4) is 11.5 Å². The van der Waals surface area contributed by atoms with Crippen LogP contribution in [-0.2, 0) is 7.05 Å². The van der Waals surface area contributed by atoms with Gasteiger partial charge in [0, 0.05) is 24.7 Å². The van der Waals surface area contributed by atoms with E-state index in [1.807, 2.05) is 31.2 Å². The highest BCUT2D eigenvalue weighted by Crippen LogP contribution is 2.25. The van der Waals surface area contributed by atoms with E-state index in [9.17, 15) is 14.9 Å². The molecule has 0 N–H and O–H groups in total. The van der Waals surface area contributed by atoms with Crippen molar-refractivity contribution in [2.75, 3.05) is 13.2 Å². The van der Waals surface area contributed by atoms with Crippen molar-refractivity contribution < 1.29 is 14.4 Å². The predicted octanol–water partition coefficient (Wildman–Crippen LogP) is 2.36. The van der Waals surface area contributed by atoms with Crippen LogP contribution in [0.3, 0.4) is 0 Å². The second kappa shape index (κ2) is 8.74. The number of non-ortho nitro benzene ring substituents is 1. The molecule has 0 unspecified atom stereocenters. The van der Waals surface area contributed by atoms with E-state index in [1.54, 1.807) is 13.1 Å². The molecule has 1 heterocycles. The zero-order chi connectivity index (χ0) is 21.0. The first-order valence-electron chi connectivity index (χ1n) is 8.82. The molecule has 150 valence electrons. The van der Waals surface area contributed by atoms with E-state index in [0.717, 1.165) is 11.3 Å². The fourth-order valence-electron chi connectivity index (χ4n) is 2.66. The number of nitrogens with zero attached hydrogens (tertiary/aromatic N) is 2. The lowest BCUT2D eigenvalue weighted by atomic mass is 10.1. The number of ether oxygens (including phenoxy) is 2. The highest BCUT2D eigenvalue weighted by atomic mass is 32.1. The zero-order valence-corrected chi connectivity index (χ0v) is 16.9. The van der Waals surface area contributed by atoms with Gasteiger partial charge in [0.05, 0.1) is 14.1 Å². The molecule has 0 amide bonds. The number of hydrogen-bond donors (Lipinski definition) is 0. The monoisotopic (exact) mass is 412 g/mol. The minimum absolute atomic E-state index is 0.0807. The summed E-state index contributed by atoms with van der Waals surface area (Å²) in [5.41, 5.74) is 1.26. The molecule has 2 aromatic carbocycles. The molecule has 0 atom stereocenters. The number of benzene rings is 2. The molecular formula is C21H20N2O5S. The van der Waals surface area contributed by atoms with Gasteiger partial charge < -0.3 is 14.0 Å². The van der Waals surface area contributed by atoms with E-state index in [1.165, 1.54) is 34.1 Å². The molecule has 29 heavy (non-hydrogen) atoms.